The van der Waals surface area contributed by atoms with Crippen LogP contribution in [-0.4, -0.2) is 22.8 Å². The van der Waals surface area contributed by atoms with Gasteiger partial charge in [0.2, 0.25) is 5.91 Å². The first-order valence-corrected chi connectivity index (χ1v) is 12.3. The molecule has 0 unspecified atom stereocenters. The summed E-state index contributed by atoms with van der Waals surface area (Å²) in [6, 6.07) is 0. The fourth-order valence-electron chi connectivity index (χ4n) is 6.73. The predicted molar refractivity (Wildman–Crippen MR) is 114 cm³/mol. The quantitative estimate of drug-likeness (QED) is 0.473. The highest BCUT2D eigenvalue weighted by Gasteiger charge is 2.59. The normalized spacial score (nSPS) is 35.5. The van der Waals surface area contributed by atoms with E-state index in [1.165, 1.54) is 24.1 Å². The predicted octanol–water partition coefficient (Wildman–Crippen LogP) is 5.48. The van der Waals surface area contributed by atoms with Gasteiger partial charge in [-0.25, -0.2) is 4.79 Å². The SMILES string of the molecule is CCOC(=O)c1c(NC(=O)C23C[C@@H]4C[C@H](CC(Br)(C4)C2)C3)sc2c1CCCC2. The molecule has 4 nitrogen and oxygen atoms in total. The molecule has 2 atom stereocenters. The van der Waals surface area contributed by atoms with E-state index in [1.807, 2.05) is 6.92 Å². The Labute approximate surface area is 178 Å². The summed E-state index contributed by atoms with van der Waals surface area (Å²) in [5.74, 6) is 1.18. The lowest BCUT2D eigenvalue weighted by molar-refractivity contribution is -0.138. The van der Waals surface area contributed by atoms with Crippen LogP contribution in [0.25, 0.3) is 0 Å². The van der Waals surface area contributed by atoms with E-state index in [-0.39, 0.29) is 21.6 Å². The number of hydrogen-bond acceptors (Lipinski definition) is 4. The number of nitrogens with one attached hydrogen (secondary N) is 1. The summed E-state index contributed by atoms with van der Waals surface area (Å²) in [6.07, 6.45) is 10.8. The number of carbonyl (C=O) groups excluding carboxylic acids is 2. The maximum atomic E-state index is 13.6. The van der Waals surface area contributed by atoms with Crippen molar-refractivity contribution in [1.29, 1.82) is 0 Å². The number of rotatable bonds is 4. The van der Waals surface area contributed by atoms with Crippen LogP contribution in [0, 0.1) is 17.3 Å². The Morgan fingerprint density at radius 1 is 1.18 bits per heavy atom. The molecule has 1 amide bonds. The van der Waals surface area contributed by atoms with Crippen LogP contribution in [0.3, 0.4) is 0 Å². The van der Waals surface area contributed by atoms with E-state index in [9.17, 15) is 9.59 Å². The van der Waals surface area contributed by atoms with Crippen LogP contribution in [0.5, 0.6) is 0 Å². The lowest BCUT2D eigenvalue weighted by Gasteiger charge is -2.59. The number of halogens is 1. The van der Waals surface area contributed by atoms with Gasteiger partial charge in [0.25, 0.3) is 0 Å². The van der Waals surface area contributed by atoms with Crippen molar-refractivity contribution >= 4 is 44.1 Å². The minimum absolute atomic E-state index is 0.134. The molecular weight excluding hydrogens is 438 g/mol. The highest BCUT2D eigenvalue weighted by molar-refractivity contribution is 9.10. The van der Waals surface area contributed by atoms with Gasteiger partial charge >= 0.3 is 5.97 Å². The molecule has 4 saturated carbocycles. The summed E-state index contributed by atoms with van der Waals surface area (Å²) in [6.45, 7) is 2.19. The number of fused-ring (bicyclic) bond motifs is 1. The summed E-state index contributed by atoms with van der Waals surface area (Å²) in [5.41, 5.74) is 1.48. The van der Waals surface area contributed by atoms with Crippen LogP contribution in [0.15, 0.2) is 0 Å². The van der Waals surface area contributed by atoms with Crippen LogP contribution >= 0.6 is 27.3 Å². The van der Waals surface area contributed by atoms with Crippen LogP contribution < -0.4 is 5.32 Å². The first-order valence-electron chi connectivity index (χ1n) is 10.7. The first-order chi connectivity index (χ1) is 13.4. The van der Waals surface area contributed by atoms with Gasteiger partial charge in [0.15, 0.2) is 0 Å². The van der Waals surface area contributed by atoms with E-state index in [4.69, 9.17) is 4.74 Å². The average Bonchev–Trinajstić information content (AvgIpc) is 2.97. The Morgan fingerprint density at radius 2 is 1.89 bits per heavy atom. The Kier molecular flexibility index (Phi) is 4.66. The first kappa shape index (κ1) is 19.1. The number of alkyl halides is 1. The molecule has 5 aliphatic rings. The molecule has 152 valence electrons. The number of anilines is 1. The molecule has 1 heterocycles. The highest BCUT2D eigenvalue weighted by Crippen LogP contribution is 2.64. The van der Waals surface area contributed by atoms with Crippen molar-refractivity contribution in [3.05, 3.63) is 16.0 Å². The topological polar surface area (TPSA) is 55.4 Å². The fraction of sp³-hybridized carbons (Fsp3) is 0.727. The Bertz CT molecular complexity index is 818. The Balaban J connectivity index is 1.45. The molecule has 4 fully saturated rings. The number of ether oxygens (including phenoxy) is 1. The summed E-state index contributed by atoms with van der Waals surface area (Å²) >= 11 is 5.60. The Hall–Kier alpha value is -0.880. The van der Waals surface area contributed by atoms with Crippen molar-refractivity contribution < 1.29 is 14.3 Å². The summed E-state index contributed by atoms with van der Waals surface area (Å²) in [7, 11) is 0. The second kappa shape index (κ2) is 6.83. The molecule has 0 saturated heterocycles. The average molecular weight is 466 g/mol. The monoisotopic (exact) mass is 465 g/mol. The van der Waals surface area contributed by atoms with E-state index in [2.05, 4.69) is 21.2 Å². The van der Waals surface area contributed by atoms with Gasteiger partial charge < -0.3 is 10.1 Å². The number of hydrogen-bond donors (Lipinski definition) is 1. The standard InChI is InChI=1S/C22H28BrNO3S/c1-2-27-19(25)17-15-5-3-4-6-16(15)28-18(17)24-20(26)21-8-13-7-14(9-21)11-22(23,10-13)12-21/h13-14H,2-12H2,1H3,(H,24,26)/t13-,14-,21?,22?/m0/s1. The smallest absolute Gasteiger partial charge is 0.341 e. The second-order valence-electron chi connectivity index (χ2n) is 9.48. The fourth-order valence-corrected chi connectivity index (χ4v) is 9.45. The zero-order valence-corrected chi connectivity index (χ0v) is 18.8. The van der Waals surface area contributed by atoms with Crippen molar-refractivity contribution in [1.82, 2.24) is 0 Å². The van der Waals surface area contributed by atoms with Gasteiger partial charge in [-0.2, -0.15) is 0 Å². The lowest BCUT2D eigenvalue weighted by Crippen LogP contribution is -2.57. The maximum Gasteiger partial charge on any atom is 0.341 e. The van der Waals surface area contributed by atoms with Gasteiger partial charge in [0.1, 0.15) is 5.00 Å². The highest BCUT2D eigenvalue weighted by atomic mass is 79.9. The third-order valence-corrected chi connectivity index (χ3v) is 9.48. The third kappa shape index (κ3) is 3.06. The van der Waals surface area contributed by atoms with E-state index >= 15 is 0 Å². The molecule has 4 bridgehead atoms. The molecule has 0 spiro atoms. The summed E-state index contributed by atoms with van der Waals surface area (Å²) in [5, 5.41) is 3.97. The van der Waals surface area contributed by atoms with Crippen LogP contribution in [-0.2, 0) is 22.4 Å². The molecule has 6 heteroatoms. The van der Waals surface area contributed by atoms with E-state index < -0.39 is 0 Å². The second-order valence-corrected chi connectivity index (χ2v) is 12.3. The molecule has 28 heavy (non-hydrogen) atoms. The molecule has 5 aliphatic carbocycles. The van der Waals surface area contributed by atoms with Gasteiger partial charge in [0, 0.05) is 9.20 Å². The molecule has 0 radical (unpaired) electrons. The van der Waals surface area contributed by atoms with E-state index in [1.54, 1.807) is 11.3 Å². The van der Waals surface area contributed by atoms with Gasteiger partial charge in [-0.15, -0.1) is 11.3 Å². The molecular formula is C22H28BrNO3S. The van der Waals surface area contributed by atoms with Crippen LogP contribution in [0.4, 0.5) is 5.00 Å². The summed E-state index contributed by atoms with van der Waals surface area (Å²) < 4.78 is 5.49. The number of esters is 1. The molecule has 0 aliphatic heterocycles. The minimum Gasteiger partial charge on any atom is -0.462 e. The van der Waals surface area contributed by atoms with Crippen molar-refractivity contribution in [3.63, 3.8) is 0 Å². The van der Waals surface area contributed by atoms with Crippen molar-refractivity contribution in [3.8, 4) is 0 Å². The van der Waals surface area contributed by atoms with Crippen LogP contribution in [0.1, 0.15) is 79.1 Å². The number of amides is 1. The van der Waals surface area contributed by atoms with E-state index in [0.29, 0.717) is 24.0 Å². The van der Waals surface area contributed by atoms with Crippen molar-refractivity contribution in [2.24, 2.45) is 17.3 Å². The molecule has 1 N–H and O–H groups in total. The van der Waals surface area contributed by atoms with Gasteiger partial charge in [-0.3, -0.25) is 4.79 Å². The summed E-state index contributed by atoms with van der Waals surface area (Å²) in [4.78, 5) is 27.5. The van der Waals surface area contributed by atoms with Gasteiger partial charge in [-0.05, 0) is 88.5 Å². The van der Waals surface area contributed by atoms with E-state index in [0.717, 1.165) is 55.5 Å². The van der Waals surface area contributed by atoms with Crippen LogP contribution in [0.2, 0.25) is 0 Å². The maximum absolute atomic E-state index is 13.6. The van der Waals surface area contributed by atoms with Crippen molar-refractivity contribution in [2.75, 3.05) is 11.9 Å². The minimum atomic E-state index is -0.278. The molecule has 1 aromatic heterocycles. The molecule has 6 rings (SSSR count). The molecule has 1 aromatic rings. The lowest BCUT2D eigenvalue weighted by atomic mass is 9.49. The largest absolute Gasteiger partial charge is 0.462 e. The zero-order valence-electron chi connectivity index (χ0n) is 16.4. The third-order valence-electron chi connectivity index (χ3n) is 7.35. The number of carbonyl (C=O) groups is 2. The van der Waals surface area contributed by atoms with Gasteiger partial charge in [-0.1, -0.05) is 15.9 Å². The van der Waals surface area contributed by atoms with Gasteiger partial charge in [0.05, 0.1) is 17.6 Å². The molecule has 0 aromatic carbocycles. The zero-order chi connectivity index (χ0) is 19.5. The number of aryl methyl sites for hydroxylation is 1. The number of thiophene rings is 1. The van der Waals surface area contributed by atoms with Crippen molar-refractivity contribution in [2.45, 2.75) is 75.5 Å². The Morgan fingerprint density at radius 3 is 2.57 bits per heavy atom.